The number of ether oxygens (including phenoxy) is 1. The summed E-state index contributed by atoms with van der Waals surface area (Å²) < 4.78 is 7.49. The summed E-state index contributed by atoms with van der Waals surface area (Å²) >= 11 is 2.38. The van der Waals surface area contributed by atoms with Gasteiger partial charge in [-0.15, -0.1) is 0 Å². The van der Waals surface area contributed by atoms with E-state index in [2.05, 4.69) is 59.1 Å². The lowest BCUT2D eigenvalue weighted by Crippen LogP contribution is -2.43. The number of hydrogen-bond donors (Lipinski definition) is 1. The second-order valence-electron chi connectivity index (χ2n) is 6.72. The fourth-order valence-corrected chi connectivity index (χ4v) is 4.07. The fourth-order valence-electron chi connectivity index (χ4n) is 3.71. The highest BCUT2D eigenvalue weighted by molar-refractivity contribution is 14.1. The molecule has 1 N–H and O–H groups in total. The van der Waals surface area contributed by atoms with Crippen molar-refractivity contribution >= 4 is 22.6 Å². The molecule has 2 unspecified atom stereocenters. The molecule has 2 fully saturated rings. The molecule has 0 amide bonds. The molecular weight excluding hydrogens is 373 g/mol. The van der Waals surface area contributed by atoms with Crippen LogP contribution >= 0.6 is 22.6 Å². The third kappa shape index (κ3) is 3.80. The number of nitrogens with one attached hydrogen (secondary N) is 1. The van der Waals surface area contributed by atoms with Gasteiger partial charge in [-0.25, -0.2) is 0 Å². The van der Waals surface area contributed by atoms with Gasteiger partial charge in [0.1, 0.15) is 0 Å². The number of hydrogen-bond acceptors (Lipinski definition) is 2. The molecule has 0 bridgehead atoms. The van der Waals surface area contributed by atoms with Gasteiger partial charge < -0.3 is 10.1 Å². The minimum Gasteiger partial charge on any atom is -0.377 e. The molecular formula is C18H26INO. The predicted molar refractivity (Wildman–Crippen MR) is 95.5 cm³/mol. The Bertz CT molecular complexity index is 457. The smallest absolute Gasteiger partial charge is 0.0675 e. The maximum atomic E-state index is 6.18. The van der Waals surface area contributed by atoms with Crippen LogP contribution < -0.4 is 5.32 Å². The molecule has 116 valence electrons. The zero-order valence-electron chi connectivity index (χ0n) is 12.9. The van der Waals surface area contributed by atoms with Crippen LogP contribution in [0.5, 0.6) is 0 Å². The van der Waals surface area contributed by atoms with Crippen LogP contribution in [0.3, 0.4) is 0 Å². The van der Waals surface area contributed by atoms with Crippen molar-refractivity contribution in [2.24, 2.45) is 11.3 Å². The SMILES string of the molecule is CCCNCC1(Cc2ccc(I)cc2)CCOC1C1CC1. The van der Waals surface area contributed by atoms with Gasteiger partial charge >= 0.3 is 0 Å². The van der Waals surface area contributed by atoms with E-state index in [1.54, 1.807) is 0 Å². The van der Waals surface area contributed by atoms with Crippen molar-refractivity contribution in [3.05, 3.63) is 33.4 Å². The summed E-state index contributed by atoms with van der Waals surface area (Å²) in [5, 5.41) is 3.68. The molecule has 2 aliphatic rings. The monoisotopic (exact) mass is 399 g/mol. The Kier molecular flexibility index (Phi) is 5.23. The van der Waals surface area contributed by atoms with Gasteiger partial charge in [-0.1, -0.05) is 19.1 Å². The van der Waals surface area contributed by atoms with E-state index in [0.29, 0.717) is 11.5 Å². The zero-order valence-corrected chi connectivity index (χ0v) is 15.1. The summed E-state index contributed by atoms with van der Waals surface area (Å²) in [5.41, 5.74) is 1.77. The van der Waals surface area contributed by atoms with Crippen molar-refractivity contribution in [2.45, 2.75) is 45.1 Å². The predicted octanol–water partition coefficient (Wildman–Crippen LogP) is 4.02. The molecule has 1 aromatic rings. The molecule has 3 heteroatoms. The molecule has 1 aliphatic heterocycles. The first-order valence-corrected chi connectivity index (χ1v) is 9.38. The summed E-state index contributed by atoms with van der Waals surface area (Å²) in [7, 11) is 0. The van der Waals surface area contributed by atoms with E-state index in [4.69, 9.17) is 4.74 Å². The maximum Gasteiger partial charge on any atom is 0.0675 e. The average Bonchev–Trinajstić information content (AvgIpc) is 3.24. The Morgan fingerprint density at radius 2 is 2.05 bits per heavy atom. The van der Waals surface area contributed by atoms with Gasteiger partial charge in [0.15, 0.2) is 0 Å². The normalized spacial score (nSPS) is 29.0. The van der Waals surface area contributed by atoms with Crippen molar-refractivity contribution in [1.82, 2.24) is 5.32 Å². The lowest BCUT2D eigenvalue weighted by molar-refractivity contribution is 0.0307. The number of benzene rings is 1. The maximum absolute atomic E-state index is 6.18. The fraction of sp³-hybridized carbons (Fsp3) is 0.667. The van der Waals surface area contributed by atoms with Crippen molar-refractivity contribution < 1.29 is 4.74 Å². The van der Waals surface area contributed by atoms with E-state index in [1.807, 2.05) is 0 Å². The third-order valence-corrected chi connectivity index (χ3v) is 5.64. The molecule has 21 heavy (non-hydrogen) atoms. The van der Waals surface area contributed by atoms with E-state index in [1.165, 1.54) is 34.8 Å². The van der Waals surface area contributed by atoms with Gasteiger partial charge in [-0.2, -0.15) is 0 Å². The Hall–Kier alpha value is -0.130. The van der Waals surface area contributed by atoms with Gasteiger partial charge in [0.05, 0.1) is 6.10 Å². The van der Waals surface area contributed by atoms with Crippen molar-refractivity contribution in [1.29, 1.82) is 0 Å². The lowest BCUT2D eigenvalue weighted by Gasteiger charge is -2.35. The highest BCUT2D eigenvalue weighted by Crippen LogP contribution is 2.49. The van der Waals surface area contributed by atoms with Crippen LogP contribution in [0, 0.1) is 14.9 Å². The molecule has 0 spiro atoms. The first-order valence-electron chi connectivity index (χ1n) is 8.30. The number of halogens is 1. The van der Waals surface area contributed by atoms with Crippen LogP contribution in [0.25, 0.3) is 0 Å². The van der Waals surface area contributed by atoms with Gasteiger partial charge in [0.2, 0.25) is 0 Å². The number of rotatable bonds is 7. The van der Waals surface area contributed by atoms with E-state index >= 15 is 0 Å². The second-order valence-corrected chi connectivity index (χ2v) is 7.97. The van der Waals surface area contributed by atoms with Gasteiger partial charge in [-0.05, 0) is 84.9 Å². The van der Waals surface area contributed by atoms with Crippen LogP contribution in [-0.4, -0.2) is 25.8 Å². The van der Waals surface area contributed by atoms with E-state index in [0.717, 1.165) is 32.0 Å². The first-order chi connectivity index (χ1) is 10.2. The Labute approximate surface area is 142 Å². The molecule has 0 aromatic heterocycles. The zero-order chi connectivity index (χ0) is 14.7. The molecule has 1 saturated heterocycles. The standard InChI is InChI=1S/C18H26INO/c1-2-10-20-13-18(9-11-21-17(18)15-5-6-15)12-14-3-7-16(19)8-4-14/h3-4,7-8,15,17,20H,2,5-6,9-13H2,1H3. The summed E-state index contributed by atoms with van der Waals surface area (Å²) in [4.78, 5) is 0. The molecule has 1 heterocycles. The minimum absolute atomic E-state index is 0.309. The Morgan fingerprint density at radius 1 is 1.29 bits per heavy atom. The Morgan fingerprint density at radius 3 is 2.71 bits per heavy atom. The topological polar surface area (TPSA) is 21.3 Å². The van der Waals surface area contributed by atoms with E-state index in [-0.39, 0.29) is 0 Å². The summed E-state index contributed by atoms with van der Waals surface area (Å²) in [5.74, 6) is 0.819. The molecule has 1 aromatic carbocycles. The molecule has 2 nitrogen and oxygen atoms in total. The van der Waals surface area contributed by atoms with Gasteiger partial charge in [0, 0.05) is 22.1 Å². The Balaban J connectivity index is 1.76. The molecule has 0 radical (unpaired) electrons. The highest BCUT2D eigenvalue weighted by Gasteiger charge is 2.50. The molecule has 2 atom stereocenters. The van der Waals surface area contributed by atoms with Crippen molar-refractivity contribution in [3.8, 4) is 0 Å². The van der Waals surface area contributed by atoms with Crippen LogP contribution in [0.1, 0.15) is 38.2 Å². The molecule has 3 rings (SSSR count). The summed E-state index contributed by atoms with van der Waals surface area (Å²) in [6, 6.07) is 9.05. The van der Waals surface area contributed by atoms with Crippen molar-refractivity contribution in [3.63, 3.8) is 0 Å². The van der Waals surface area contributed by atoms with Crippen LogP contribution in [-0.2, 0) is 11.2 Å². The molecule has 1 aliphatic carbocycles. The third-order valence-electron chi connectivity index (χ3n) is 4.92. The lowest BCUT2D eigenvalue weighted by atomic mass is 9.74. The first kappa shape index (κ1) is 15.8. The minimum atomic E-state index is 0.309. The second kappa shape index (κ2) is 6.97. The van der Waals surface area contributed by atoms with Crippen LogP contribution in [0.15, 0.2) is 24.3 Å². The summed E-state index contributed by atoms with van der Waals surface area (Å²) in [6.07, 6.45) is 6.77. The molecule has 1 saturated carbocycles. The van der Waals surface area contributed by atoms with Crippen LogP contribution in [0.2, 0.25) is 0 Å². The summed E-state index contributed by atoms with van der Waals surface area (Å²) in [6.45, 7) is 5.40. The highest BCUT2D eigenvalue weighted by atomic mass is 127. The van der Waals surface area contributed by atoms with E-state index in [9.17, 15) is 0 Å². The quantitative estimate of drug-likeness (QED) is 0.553. The van der Waals surface area contributed by atoms with Gasteiger partial charge in [0.25, 0.3) is 0 Å². The van der Waals surface area contributed by atoms with Gasteiger partial charge in [-0.3, -0.25) is 0 Å². The van der Waals surface area contributed by atoms with Crippen LogP contribution in [0.4, 0.5) is 0 Å². The van der Waals surface area contributed by atoms with Crippen molar-refractivity contribution in [2.75, 3.05) is 19.7 Å². The van der Waals surface area contributed by atoms with E-state index < -0.39 is 0 Å². The largest absolute Gasteiger partial charge is 0.377 e. The average molecular weight is 399 g/mol.